The van der Waals surface area contributed by atoms with Crippen LogP contribution in [-0.2, 0) is 11.4 Å². The van der Waals surface area contributed by atoms with Crippen molar-refractivity contribution in [3.05, 3.63) is 90.0 Å². The van der Waals surface area contributed by atoms with Crippen molar-refractivity contribution in [3.8, 4) is 5.75 Å². The van der Waals surface area contributed by atoms with Crippen molar-refractivity contribution < 1.29 is 14.3 Å². The van der Waals surface area contributed by atoms with Crippen molar-refractivity contribution >= 4 is 23.2 Å². The van der Waals surface area contributed by atoms with E-state index in [2.05, 4.69) is 16.0 Å². The number of benzene rings is 3. The Labute approximate surface area is 182 Å². The highest BCUT2D eigenvalue weighted by Gasteiger charge is 2.09. The molecule has 2 amide bonds. The number of nitrogens with one attached hydrogen (secondary N) is 3. The van der Waals surface area contributed by atoms with Crippen LogP contribution in [0.1, 0.15) is 29.8 Å². The Kier molecular flexibility index (Phi) is 7.65. The lowest BCUT2D eigenvalue weighted by Gasteiger charge is -2.12. The molecule has 0 radical (unpaired) electrons. The van der Waals surface area contributed by atoms with E-state index in [-0.39, 0.29) is 24.4 Å². The van der Waals surface area contributed by atoms with E-state index in [1.165, 1.54) is 0 Å². The second-order valence-corrected chi connectivity index (χ2v) is 7.41. The van der Waals surface area contributed by atoms with Crippen LogP contribution in [0.25, 0.3) is 0 Å². The first-order valence-corrected chi connectivity index (χ1v) is 10.2. The first-order valence-electron chi connectivity index (χ1n) is 10.2. The molecule has 0 aliphatic heterocycles. The van der Waals surface area contributed by atoms with Gasteiger partial charge in [0.15, 0.2) is 0 Å². The molecule has 0 unspecified atom stereocenters. The van der Waals surface area contributed by atoms with E-state index in [0.29, 0.717) is 17.9 Å². The Balaban J connectivity index is 1.51. The van der Waals surface area contributed by atoms with Gasteiger partial charge in [0.05, 0.1) is 6.54 Å². The first kappa shape index (κ1) is 21.9. The van der Waals surface area contributed by atoms with Crippen LogP contribution in [0.5, 0.6) is 5.75 Å². The minimum Gasteiger partial charge on any atom is -0.489 e. The summed E-state index contributed by atoms with van der Waals surface area (Å²) in [6.07, 6.45) is 0. The topological polar surface area (TPSA) is 79.5 Å². The molecule has 0 heterocycles. The van der Waals surface area contributed by atoms with E-state index < -0.39 is 0 Å². The predicted octanol–water partition coefficient (Wildman–Crippen LogP) is 4.45. The molecule has 0 atom stereocenters. The van der Waals surface area contributed by atoms with Gasteiger partial charge in [-0.3, -0.25) is 9.59 Å². The monoisotopic (exact) mass is 417 g/mol. The molecule has 160 valence electrons. The molecular weight excluding hydrogens is 390 g/mol. The van der Waals surface area contributed by atoms with Gasteiger partial charge in [0, 0.05) is 29.0 Å². The lowest BCUT2D eigenvalue weighted by Crippen LogP contribution is -2.30. The van der Waals surface area contributed by atoms with Crippen molar-refractivity contribution in [1.29, 1.82) is 0 Å². The molecule has 3 aromatic rings. The van der Waals surface area contributed by atoms with Crippen LogP contribution >= 0.6 is 0 Å². The number of hydrogen-bond donors (Lipinski definition) is 3. The van der Waals surface area contributed by atoms with Gasteiger partial charge in [0.1, 0.15) is 12.4 Å². The number of ether oxygens (including phenoxy) is 1. The molecule has 0 aliphatic carbocycles. The number of carbonyl (C=O) groups excluding carboxylic acids is 2. The van der Waals surface area contributed by atoms with E-state index in [1.54, 1.807) is 24.3 Å². The fraction of sp³-hybridized carbons (Fsp3) is 0.200. The summed E-state index contributed by atoms with van der Waals surface area (Å²) < 4.78 is 5.82. The molecule has 3 N–H and O–H groups in total. The SMILES string of the molecule is CC(C)NC(=O)c1cccc(NC(=O)CNc2cccc(OCc3ccccc3)c2)c1. The number of hydrogen-bond acceptors (Lipinski definition) is 4. The van der Waals surface area contributed by atoms with Gasteiger partial charge in [0.2, 0.25) is 5.91 Å². The second-order valence-electron chi connectivity index (χ2n) is 7.41. The molecule has 0 aliphatic rings. The number of amides is 2. The van der Waals surface area contributed by atoms with E-state index in [1.807, 2.05) is 68.4 Å². The molecule has 31 heavy (non-hydrogen) atoms. The fourth-order valence-electron chi connectivity index (χ4n) is 2.91. The van der Waals surface area contributed by atoms with Crippen LogP contribution in [0.4, 0.5) is 11.4 Å². The summed E-state index contributed by atoms with van der Waals surface area (Å²) in [6, 6.07) is 24.3. The molecule has 0 saturated heterocycles. The molecule has 3 rings (SSSR count). The van der Waals surface area contributed by atoms with Crippen LogP contribution in [0.2, 0.25) is 0 Å². The van der Waals surface area contributed by atoms with Crippen molar-refractivity contribution in [1.82, 2.24) is 5.32 Å². The van der Waals surface area contributed by atoms with E-state index in [9.17, 15) is 9.59 Å². The van der Waals surface area contributed by atoms with Crippen LogP contribution < -0.4 is 20.7 Å². The van der Waals surface area contributed by atoms with Crippen molar-refractivity contribution in [3.63, 3.8) is 0 Å². The molecule has 0 aromatic heterocycles. The van der Waals surface area contributed by atoms with E-state index in [4.69, 9.17) is 4.74 Å². The summed E-state index contributed by atoms with van der Waals surface area (Å²) in [7, 11) is 0. The summed E-state index contributed by atoms with van der Waals surface area (Å²) in [5.41, 5.74) is 2.95. The van der Waals surface area contributed by atoms with Gasteiger partial charge in [-0.05, 0) is 49.7 Å². The van der Waals surface area contributed by atoms with Gasteiger partial charge in [-0.15, -0.1) is 0 Å². The molecule has 6 nitrogen and oxygen atoms in total. The van der Waals surface area contributed by atoms with Gasteiger partial charge >= 0.3 is 0 Å². The minimum atomic E-state index is -0.211. The normalized spacial score (nSPS) is 10.4. The van der Waals surface area contributed by atoms with Gasteiger partial charge in [0.25, 0.3) is 5.91 Å². The highest BCUT2D eigenvalue weighted by molar-refractivity contribution is 5.98. The molecule has 6 heteroatoms. The predicted molar refractivity (Wildman–Crippen MR) is 123 cm³/mol. The van der Waals surface area contributed by atoms with Gasteiger partial charge in [-0.25, -0.2) is 0 Å². The minimum absolute atomic E-state index is 0.0439. The van der Waals surface area contributed by atoms with Gasteiger partial charge < -0.3 is 20.7 Å². The number of carbonyl (C=O) groups is 2. The maximum Gasteiger partial charge on any atom is 0.251 e. The highest BCUT2D eigenvalue weighted by Crippen LogP contribution is 2.18. The molecule has 0 saturated carbocycles. The van der Waals surface area contributed by atoms with Gasteiger partial charge in [-0.1, -0.05) is 42.5 Å². The van der Waals surface area contributed by atoms with Crippen molar-refractivity contribution in [2.45, 2.75) is 26.5 Å². The third-order valence-corrected chi connectivity index (χ3v) is 4.36. The standard InChI is InChI=1S/C25H27N3O3/c1-18(2)27-25(30)20-10-6-12-22(14-20)28-24(29)16-26-21-11-7-13-23(15-21)31-17-19-8-4-3-5-9-19/h3-15,18,26H,16-17H2,1-2H3,(H,27,30)(H,28,29). The smallest absolute Gasteiger partial charge is 0.251 e. The Morgan fingerprint density at radius 2 is 1.61 bits per heavy atom. The molecule has 0 bridgehead atoms. The molecular formula is C25H27N3O3. The number of rotatable bonds is 9. The Bertz CT molecular complexity index is 1020. The lowest BCUT2D eigenvalue weighted by molar-refractivity contribution is -0.114. The molecule has 3 aromatic carbocycles. The van der Waals surface area contributed by atoms with Gasteiger partial charge in [-0.2, -0.15) is 0 Å². The van der Waals surface area contributed by atoms with Crippen molar-refractivity contribution in [2.24, 2.45) is 0 Å². The quantitative estimate of drug-likeness (QED) is 0.480. The van der Waals surface area contributed by atoms with Crippen LogP contribution in [-0.4, -0.2) is 24.4 Å². The summed E-state index contributed by atoms with van der Waals surface area (Å²) in [5, 5.41) is 8.74. The third-order valence-electron chi connectivity index (χ3n) is 4.36. The van der Waals surface area contributed by atoms with Crippen LogP contribution in [0.3, 0.4) is 0 Å². The zero-order valence-corrected chi connectivity index (χ0v) is 17.7. The Hall–Kier alpha value is -3.80. The van der Waals surface area contributed by atoms with Crippen molar-refractivity contribution in [2.75, 3.05) is 17.2 Å². The summed E-state index contributed by atoms with van der Waals surface area (Å²) in [4.78, 5) is 24.5. The highest BCUT2D eigenvalue weighted by atomic mass is 16.5. The van der Waals surface area contributed by atoms with E-state index >= 15 is 0 Å². The lowest BCUT2D eigenvalue weighted by atomic mass is 10.1. The summed E-state index contributed by atoms with van der Waals surface area (Å²) >= 11 is 0. The average molecular weight is 418 g/mol. The van der Waals surface area contributed by atoms with Crippen LogP contribution in [0.15, 0.2) is 78.9 Å². The summed E-state index contributed by atoms with van der Waals surface area (Å²) in [6.45, 7) is 4.36. The summed E-state index contributed by atoms with van der Waals surface area (Å²) in [5.74, 6) is 0.340. The maximum absolute atomic E-state index is 12.3. The zero-order valence-electron chi connectivity index (χ0n) is 17.7. The fourth-order valence-corrected chi connectivity index (χ4v) is 2.91. The first-order chi connectivity index (χ1) is 15.0. The molecule has 0 fully saturated rings. The average Bonchev–Trinajstić information content (AvgIpc) is 2.77. The largest absolute Gasteiger partial charge is 0.489 e. The zero-order chi connectivity index (χ0) is 22.1. The van der Waals surface area contributed by atoms with E-state index in [0.717, 1.165) is 17.0 Å². The second kappa shape index (κ2) is 10.8. The van der Waals surface area contributed by atoms with Crippen LogP contribution in [0, 0.1) is 0 Å². The Morgan fingerprint density at radius 3 is 2.39 bits per heavy atom. The third kappa shape index (κ3) is 7.19. The number of anilines is 2. The molecule has 0 spiro atoms. The maximum atomic E-state index is 12.3. The Morgan fingerprint density at radius 1 is 0.871 bits per heavy atom.